The highest BCUT2D eigenvalue weighted by atomic mass is 79.9. The largest absolute Gasteiger partial charge is 0.456 e. The van der Waals surface area contributed by atoms with Crippen molar-refractivity contribution in [3.05, 3.63) is 167 Å². The van der Waals surface area contributed by atoms with E-state index in [0.29, 0.717) is 11.1 Å². The summed E-state index contributed by atoms with van der Waals surface area (Å²) < 4.78 is 7.49. The molecule has 1 atom stereocenters. The van der Waals surface area contributed by atoms with Gasteiger partial charge in [0.1, 0.15) is 16.8 Å². The topological polar surface area (TPSA) is 33.4 Å². The summed E-state index contributed by atoms with van der Waals surface area (Å²) >= 11 is 3.58. The van der Waals surface area contributed by atoms with Gasteiger partial charge in [0.25, 0.3) is 0 Å². The Hall–Kier alpha value is -4.44. The molecule has 7 rings (SSSR count). The third-order valence-electron chi connectivity index (χ3n) is 7.66. The van der Waals surface area contributed by atoms with E-state index in [1.807, 2.05) is 91.0 Å². The van der Waals surface area contributed by atoms with Crippen molar-refractivity contribution in [1.29, 1.82) is 0 Å². The zero-order valence-electron chi connectivity index (χ0n) is 21.6. The maximum Gasteiger partial charge on any atom is 0.144 e. The number of hydrogen-bond acceptors (Lipinski definition) is 2. The molecule has 0 bridgehead atoms. The second-order valence-corrected chi connectivity index (χ2v) is 10.9. The van der Waals surface area contributed by atoms with Gasteiger partial charge >= 0.3 is 0 Å². The van der Waals surface area contributed by atoms with Crippen LogP contribution in [0.4, 0.5) is 0 Å². The van der Waals surface area contributed by atoms with Crippen LogP contribution >= 0.6 is 15.9 Å². The second-order valence-electron chi connectivity index (χ2n) is 9.99. The molecule has 0 radical (unpaired) electrons. The average molecular weight is 582 g/mol. The Morgan fingerprint density at radius 3 is 2.00 bits per heavy atom. The summed E-state index contributed by atoms with van der Waals surface area (Å²) in [6.07, 6.45) is 0. The van der Waals surface area contributed by atoms with E-state index < -0.39 is 5.60 Å². The van der Waals surface area contributed by atoms with Gasteiger partial charge in [-0.05, 0) is 46.0 Å². The van der Waals surface area contributed by atoms with Crippen molar-refractivity contribution in [2.75, 3.05) is 0 Å². The lowest BCUT2D eigenvalue weighted by atomic mass is 9.76. The first-order chi connectivity index (χ1) is 19.6. The van der Waals surface area contributed by atoms with E-state index >= 15 is 0 Å². The van der Waals surface area contributed by atoms with E-state index in [9.17, 15) is 5.11 Å². The van der Waals surface area contributed by atoms with E-state index in [1.54, 1.807) is 0 Å². The Kier molecular flexibility index (Phi) is 6.11. The summed E-state index contributed by atoms with van der Waals surface area (Å²) in [5.74, 6) is 0. The van der Waals surface area contributed by atoms with E-state index in [4.69, 9.17) is 4.42 Å². The Balaban J connectivity index is 1.51. The van der Waals surface area contributed by atoms with Crippen molar-refractivity contribution in [2.24, 2.45) is 0 Å². The van der Waals surface area contributed by atoms with Gasteiger partial charge in [-0.3, -0.25) is 0 Å². The minimum Gasteiger partial charge on any atom is -0.456 e. The molecule has 0 amide bonds. The summed E-state index contributed by atoms with van der Waals surface area (Å²) in [6, 6.07) is 48.8. The van der Waals surface area contributed by atoms with Crippen LogP contribution in [0, 0.1) is 0 Å². The summed E-state index contributed by atoms with van der Waals surface area (Å²) in [4.78, 5) is 0. The number of benzene rings is 6. The third kappa shape index (κ3) is 4.06. The quantitative estimate of drug-likeness (QED) is 0.205. The predicted octanol–water partition coefficient (Wildman–Crippen LogP) is 9.97. The van der Waals surface area contributed by atoms with E-state index in [0.717, 1.165) is 54.2 Å². The highest BCUT2D eigenvalue weighted by molar-refractivity contribution is 9.10. The van der Waals surface area contributed by atoms with Gasteiger partial charge in [-0.2, -0.15) is 0 Å². The molecule has 0 aliphatic heterocycles. The highest BCUT2D eigenvalue weighted by Crippen LogP contribution is 2.45. The van der Waals surface area contributed by atoms with Crippen LogP contribution in [0.5, 0.6) is 0 Å². The normalized spacial score (nSPS) is 12.9. The van der Waals surface area contributed by atoms with Gasteiger partial charge in [0.2, 0.25) is 0 Å². The molecule has 1 aromatic heterocycles. The maximum atomic E-state index is 13.1. The van der Waals surface area contributed by atoms with Crippen LogP contribution in [0.25, 0.3) is 44.2 Å². The van der Waals surface area contributed by atoms with Crippen LogP contribution in [0.3, 0.4) is 0 Å². The number of fused-ring (bicyclic) bond motifs is 3. The summed E-state index contributed by atoms with van der Waals surface area (Å²) in [6.45, 7) is 0. The molecule has 1 N–H and O–H groups in total. The zero-order chi connectivity index (χ0) is 27.1. The Morgan fingerprint density at radius 1 is 0.525 bits per heavy atom. The number of hydrogen-bond donors (Lipinski definition) is 1. The Morgan fingerprint density at radius 2 is 1.18 bits per heavy atom. The maximum absolute atomic E-state index is 13.1. The molecular weight excluding hydrogens is 556 g/mol. The lowest BCUT2D eigenvalue weighted by Gasteiger charge is -2.32. The molecule has 0 spiro atoms. The first kappa shape index (κ1) is 24.6. The molecule has 0 saturated carbocycles. The molecule has 1 unspecified atom stereocenters. The first-order valence-electron chi connectivity index (χ1n) is 13.3. The third-order valence-corrected chi connectivity index (χ3v) is 8.15. The number of para-hydroxylation sites is 2. The highest BCUT2D eigenvalue weighted by Gasteiger charge is 2.38. The van der Waals surface area contributed by atoms with E-state index in [2.05, 4.69) is 70.5 Å². The van der Waals surface area contributed by atoms with Crippen LogP contribution in [-0.4, -0.2) is 5.11 Å². The molecule has 1 heterocycles. The Bertz CT molecular complexity index is 1970. The van der Waals surface area contributed by atoms with Gasteiger partial charge in [0, 0.05) is 26.4 Å². The molecule has 6 aromatic carbocycles. The lowest BCUT2D eigenvalue weighted by molar-refractivity contribution is 0.127. The SMILES string of the molecule is OC(c1ccc(-c2cccc(Br)c2)cc1)(c1ccccc1-c1ccccc1)c1cccc2c1oc1ccccc12. The van der Waals surface area contributed by atoms with Crippen LogP contribution in [-0.2, 0) is 5.60 Å². The molecule has 7 aromatic rings. The standard InChI is InChI=1S/C37H25BrO2/c38-29-13-8-12-27(24-29)25-20-22-28(23-21-25)37(39,33-17-6-4-14-30(33)26-10-2-1-3-11-26)34-18-9-16-32-31-15-5-7-19-35(31)40-36(32)34/h1-24,39H. The van der Waals surface area contributed by atoms with Gasteiger partial charge in [0.05, 0.1) is 0 Å². The number of rotatable bonds is 5. The van der Waals surface area contributed by atoms with Gasteiger partial charge in [-0.1, -0.05) is 143 Å². The average Bonchev–Trinajstić information content (AvgIpc) is 3.40. The molecule has 0 saturated heterocycles. The summed E-state index contributed by atoms with van der Waals surface area (Å²) in [5.41, 5.74) is 6.45. The molecule has 0 aliphatic rings. The smallest absolute Gasteiger partial charge is 0.144 e. The van der Waals surface area contributed by atoms with Crippen molar-refractivity contribution >= 4 is 37.9 Å². The van der Waals surface area contributed by atoms with Crippen LogP contribution in [0.15, 0.2) is 154 Å². The Labute approximate surface area is 241 Å². The fraction of sp³-hybridized carbons (Fsp3) is 0.0270. The summed E-state index contributed by atoms with van der Waals surface area (Å²) in [7, 11) is 0. The molecular formula is C37H25BrO2. The van der Waals surface area contributed by atoms with Crippen LogP contribution < -0.4 is 0 Å². The molecule has 0 fully saturated rings. The van der Waals surface area contributed by atoms with Crippen LogP contribution in [0.1, 0.15) is 16.7 Å². The van der Waals surface area contributed by atoms with Crippen molar-refractivity contribution in [1.82, 2.24) is 0 Å². The van der Waals surface area contributed by atoms with Crippen molar-refractivity contribution in [3.8, 4) is 22.3 Å². The number of furan rings is 1. The molecule has 3 heteroatoms. The minimum atomic E-state index is -1.49. The second kappa shape index (κ2) is 9.95. The van der Waals surface area contributed by atoms with Crippen LogP contribution in [0.2, 0.25) is 0 Å². The van der Waals surface area contributed by atoms with Crippen molar-refractivity contribution in [3.63, 3.8) is 0 Å². The first-order valence-corrected chi connectivity index (χ1v) is 14.1. The lowest BCUT2D eigenvalue weighted by Crippen LogP contribution is -2.30. The van der Waals surface area contributed by atoms with Gasteiger partial charge in [-0.15, -0.1) is 0 Å². The van der Waals surface area contributed by atoms with Gasteiger partial charge in [0.15, 0.2) is 0 Å². The molecule has 40 heavy (non-hydrogen) atoms. The fourth-order valence-electron chi connectivity index (χ4n) is 5.73. The van der Waals surface area contributed by atoms with E-state index in [-0.39, 0.29) is 0 Å². The minimum absolute atomic E-state index is 0.685. The van der Waals surface area contributed by atoms with Crippen molar-refractivity contribution in [2.45, 2.75) is 5.60 Å². The number of aliphatic hydroxyl groups is 1. The molecule has 192 valence electrons. The van der Waals surface area contributed by atoms with E-state index in [1.165, 1.54) is 0 Å². The number of halogens is 1. The summed E-state index contributed by atoms with van der Waals surface area (Å²) in [5, 5.41) is 15.1. The van der Waals surface area contributed by atoms with Gasteiger partial charge in [-0.25, -0.2) is 0 Å². The van der Waals surface area contributed by atoms with Gasteiger partial charge < -0.3 is 9.52 Å². The van der Waals surface area contributed by atoms with Crippen molar-refractivity contribution < 1.29 is 9.52 Å². The zero-order valence-corrected chi connectivity index (χ0v) is 23.2. The fourth-order valence-corrected chi connectivity index (χ4v) is 6.13. The monoisotopic (exact) mass is 580 g/mol. The molecule has 0 aliphatic carbocycles. The molecule has 2 nitrogen and oxygen atoms in total. The predicted molar refractivity (Wildman–Crippen MR) is 167 cm³/mol.